The molecule has 0 aliphatic heterocycles. The van der Waals surface area contributed by atoms with Gasteiger partial charge in [0.2, 0.25) is 0 Å². The molecule has 0 bridgehead atoms. The molecule has 2 nitrogen and oxygen atoms in total. The van der Waals surface area contributed by atoms with Crippen molar-refractivity contribution in [3.63, 3.8) is 0 Å². The second-order valence-corrected chi connectivity index (χ2v) is 7.96. The zero-order chi connectivity index (χ0) is 16.8. The van der Waals surface area contributed by atoms with Crippen LogP contribution >= 0.6 is 0 Å². The Hall–Kier alpha value is -1.02. The molecule has 0 heterocycles. The fourth-order valence-corrected chi connectivity index (χ4v) is 5.84. The minimum absolute atomic E-state index is 0.0972. The molecule has 0 saturated heterocycles. The lowest BCUT2D eigenvalue weighted by molar-refractivity contribution is -0.0245. The number of aromatic hydroxyl groups is 1. The van der Waals surface area contributed by atoms with Crippen molar-refractivity contribution in [1.82, 2.24) is 0 Å². The van der Waals surface area contributed by atoms with Gasteiger partial charge in [0.05, 0.1) is 6.10 Å². The number of aliphatic hydroxyl groups is 1. The first kappa shape index (κ1) is 16.8. The van der Waals surface area contributed by atoms with E-state index in [9.17, 15) is 10.2 Å². The molecule has 1 aromatic carbocycles. The average Bonchev–Trinajstić information content (AvgIpc) is 2.86. The second kappa shape index (κ2) is 6.12. The number of phenols is 1. The maximum atomic E-state index is 10.4. The predicted molar refractivity (Wildman–Crippen MR) is 94.8 cm³/mol. The first-order valence-corrected chi connectivity index (χ1v) is 9.51. The number of aliphatic hydroxyl groups excluding tert-OH is 1. The Morgan fingerprint density at radius 1 is 1.09 bits per heavy atom. The molecule has 6 atom stereocenters. The lowest BCUT2D eigenvalue weighted by Crippen LogP contribution is -2.44. The fraction of sp³-hybridized carbons (Fsp3) is 0.714. The van der Waals surface area contributed by atoms with Crippen molar-refractivity contribution in [2.75, 3.05) is 0 Å². The Labute approximate surface area is 140 Å². The van der Waals surface area contributed by atoms with Gasteiger partial charge in [-0.1, -0.05) is 33.8 Å². The highest BCUT2D eigenvalue weighted by atomic mass is 16.3. The summed E-state index contributed by atoms with van der Waals surface area (Å²) in [5.74, 6) is 2.95. The van der Waals surface area contributed by atoms with Gasteiger partial charge in [-0.25, -0.2) is 0 Å². The molecule has 0 amide bonds. The highest BCUT2D eigenvalue weighted by Crippen LogP contribution is 2.62. The highest BCUT2D eigenvalue weighted by molar-refractivity contribution is 5.42. The highest BCUT2D eigenvalue weighted by Gasteiger charge is 2.54. The van der Waals surface area contributed by atoms with Crippen LogP contribution in [0.4, 0.5) is 0 Å². The predicted octanol–water partition coefficient (Wildman–Crippen LogP) is 5.20. The van der Waals surface area contributed by atoms with Crippen molar-refractivity contribution in [2.24, 2.45) is 17.3 Å². The molecule has 2 heteroatoms. The van der Waals surface area contributed by atoms with E-state index in [0.717, 1.165) is 12.8 Å². The number of hydrogen-bond acceptors (Lipinski definition) is 2. The van der Waals surface area contributed by atoms with Crippen LogP contribution in [-0.2, 0) is 0 Å². The zero-order valence-electron chi connectivity index (χ0n) is 15.0. The van der Waals surface area contributed by atoms with Crippen molar-refractivity contribution in [2.45, 2.75) is 77.7 Å². The van der Waals surface area contributed by atoms with Crippen LogP contribution < -0.4 is 0 Å². The molecule has 4 rings (SSSR count). The molecule has 3 aliphatic rings. The van der Waals surface area contributed by atoms with Gasteiger partial charge in [-0.2, -0.15) is 0 Å². The molecule has 3 unspecified atom stereocenters. The SMILES string of the molecule is CC.C[C@@H]1CC2C(CC[C@@]3(C)C2CC[C@@H]3O)c2ccc(O)cc21. The minimum atomic E-state index is -0.0972. The molecule has 2 fully saturated rings. The van der Waals surface area contributed by atoms with E-state index in [1.807, 2.05) is 26.0 Å². The van der Waals surface area contributed by atoms with Crippen LogP contribution in [0.25, 0.3) is 0 Å². The second-order valence-electron chi connectivity index (χ2n) is 7.96. The van der Waals surface area contributed by atoms with E-state index in [4.69, 9.17) is 0 Å². The lowest BCUT2D eigenvalue weighted by Gasteiger charge is -2.51. The maximum Gasteiger partial charge on any atom is 0.115 e. The van der Waals surface area contributed by atoms with Gasteiger partial charge >= 0.3 is 0 Å². The molecule has 1 aromatic rings. The summed E-state index contributed by atoms with van der Waals surface area (Å²) in [7, 11) is 0. The molecule has 2 saturated carbocycles. The van der Waals surface area contributed by atoms with Crippen molar-refractivity contribution in [1.29, 1.82) is 0 Å². The molecule has 0 aromatic heterocycles. The van der Waals surface area contributed by atoms with Crippen molar-refractivity contribution >= 4 is 0 Å². The Morgan fingerprint density at radius 3 is 2.57 bits per heavy atom. The molecular formula is C21H32O2. The van der Waals surface area contributed by atoms with E-state index in [1.165, 1.54) is 30.4 Å². The monoisotopic (exact) mass is 316 g/mol. The average molecular weight is 316 g/mol. The molecule has 23 heavy (non-hydrogen) atoms. The van der Waals surface area contributed by atoms with Gasteiger partial charge in [0.1, 0.15) is 5.75 Å². The van der Waals surface area contributed by atoms with Crippen LogP contribution in [0.5, 0.6) is 5.75 Å². The largest absolute Gasteiger partial charge is 0.508 e. The van der Waals surface area contributed by atoms with Gasteiger partial charge in [0.15, 0.2) is 0 Å². The molecular weight excluding hydrogens is 284 g/mol. The van der Waals surface area contributed by atoms with E-state index in [0.29, 0.717) is 29.4 Å². The Kier molecular flexibility index (Phi) is 4.48. The Balaban J connectivity index is 0.000000753. The molecule has 0 spiro atoms. The van der Waals surface area contributed by atoms with Crippen LogP contribution in [0, 0.1) is 17.3 Å². The topological polar surface area (TPSA) is 40.5 Å². The summed E-state index contributed by atoms with van der Waals surface area (Å²) in [6, 6.07) is 5.99. The smallest absolute Gasteiger partial charge is 0.115 e. The Bertz CT molecular complexity index is 567. The summed E-state index contributed by atoms with van der Waals surface area (Å²) in [6.07, 6.45) is 5.64. The van der Waals surface area contributed by atoms with Crippen molar-refractivity contribution < 1.29 is 10.2 Å². The van der Waals surface area contributed by atoms with Crippen molar-refractivity contribution in [3.05, 3.63) is 29.3 Å². The van der Waals surface area contributed by atoms with E-state index < -0.39 is 0 Å². The molecule has 128 valence electrons. The summed E-state index contributed by atoms with van der Waals surface area (Å²) in [6.45, 7) is 8.62. The fourth-order valence-electron chi connectivity index (χ4n) is 5.84. The lowest BCUT2D eigenvalue weighted by atomic mass is 9.54. The van der Waals surface area contributed by atoms with Crippen LogP contribution in [0.1, 0.15) is 82.8 Å². The van der Waals surface area contributed by atoms with Gasteiger partial charge < -0.3 is 10.2 Å². The Morgan fingerprint density at radius 2 is 1.83 bits per heavy atom. The summed E-state index contributed by atoms with van der Waals surface area (Å²) in [5.41, 5.74) is 2.98. The number of fused-ring (bicyclic) bond motifs is 5. The first-order valence-electron chi connectivity index (χ1n) is 9.51. The third-order valence-corrected chi connectivity index (χ3v) is 7.01. The van der Waals surface area contributed by atoms with Crippen LogP contribution in [0.2, 0.25) is 0 Å². The molecule has 0 radical (unpaired) electrons. The first-order chi connectivity index (χ1) is 11.0. The van der Waals surface area contributed by atoms with Gasteiger partial charge in [-0.15, -0.1) is 0 Å². The van der Waals surface area contributed by atoms with E-state index >= 15 is 0 Å². The van der Waals surface area contributed by atoms with Crippen LogP contribution in [0.3, 0.4) is 0 Å². The van der Waals surface area contributed by atoms with E-state index in [1.54, 1.807) is 0 Å². The maximum absolute atomic E-state index is 10.4. The number of phenolic OH excluding ortho intramolecular Hbond substituents is 1. The number of benzene rings is 1. The summed E-state index contributed by atoms with van der Waals surface area (Å²) < 4.78 is 0. The third kappa shape index (κ3) is 2.50. The third-order valence-electron chi connectivity index (χ3n) is 7.01. The summed E-state index contributed by atoms with van der Waals surface area (Å²) >= 11 is 0. The minimum Gasteiger partial charge on any atom is -0.508 e. The normalized spacial score (nSPS) is 41.2. The van der Waals surface area contributed by atoms with Gasteiger partial charge in [-0.3, -0.25) is 0 Å². The van der Waals surface area contributed by atoms with E-state index in [2.05, 4.69) is 19.9 Å². The van der Waals surface area contributed by atoms with Crippen LogP contribution in [0.15, 0.2) is 18.2 Å². The number of rotatable bonds is 0. The molecule has 2 N–H and O–H groups in total. The van der Waals surface area contributed by atoms with Gasteiger partial charge in [-0.05, 0) is 84.5 Å². The standard InChI is InChI=1S/C19H26O2.C2H6/c1-11-9-16-14(13-4-3-12(20)10-15(11)13)7-8-19(2)17(16)5-6-18(19)21;1-2/h3-4,10-11,14,16-18,20-21H,5-9H2,1-2H3;1-2H3/t11-,14?,16?,17?,18+,19+;/m1./s1. The van der Waals surface area contributed by atoms with Gasteiger partial charge in [0, 0.05) is 0 Å². The summed E-state index contributed by atoms with van der Waals surface area (Å²) in [4.78, 5) is 0. The van der Waals surface area contributed by atoms with E-state index in [-0.39, 0.29) is 11.5 Å². The summed E-state index contributed by atoms with van der Waals surface area (Å²) in [5, 5.41) is 20.2. The zero-order valence-corrected chi connectivity index (χ0v) is 15.0. The van der Waals surface area contributed by atoms with Crippen molar-refractivity contribution in [3.8, 4) is 5.75 Å². The van der Waals surface area contributed by atoms with Crippen LogP contribution in [-0.4, -0.2) is 16.3 Å². The number of hydrogen-bond donors (Lipinski definition) is 2. The quantitative estimate of drug-likeness (QED) is 0.691. The molecule has 3 aliphatic carbocycles. The van der Waals surface area contributed by atoms with Gasteiger partial charge in [0.25, 0.3) is 0 Å².